The van der Waals surface area contributed by atoms with Crippen LogP contribution in [-0.2, 0) is 11.3 Å². The number of halogens is 2. The molecule has 21 heavy (non-hydrogen) atoms. The van der Waals surface area contributed by atoms with Gasteiger partial charge in [-0.3, -0.25) is 14.5 Å². The molecule has 0 spiro atoms. The first-order valence-electron chi connectivity index (χ1n) is 6.38. The number of rotatable bonds is 2. The van der Waals surface area contributed by atoms with Gasteiger partial charge in [-0.15, -0.1) is 0 Å². The predicted molar refractivity (Wildman–Crippen MR) is 80.8 cm³/mol. The Morgan fingerprint density at radius 2 is 1.81 bits per heavy atom. The Hall–Kier alpha value is -2.01. The molecule has 0 unspecified atom stereocenters. The van der Waals surface area contributed by atoms with Crippen LogP contribution in [0.5, 0.6) is 0 Å². The zero-order valence-corrected chi connectivity index (χ0v) is 12.8. The first kappa shape index (κ1) is 13.9. The fourth-order valence-corrected chi connectivity index (χ4v) is 3.03. The van der Waals surface area contributed by atoms with Crippen LogP contribution in [0.3, 0.4) is 0 Å². The van der Waals surface area contributed by atoms with Crippen LogP contribution in [0.1, 0.15) is 21.5 Å². The quantitative estimate of drug-likeness (QED) is 0.778. The number of Topliss-reactive ketones (excluding diaryl/α,β-unsaturated/α-hetero) is 1. The van der Waals surface area contributed by atoms with Gasteiger partial charge in [-0.25, -0.2) is 4.39 Å². The topological polar surface area (TPSA) is 37.4 Å². The van der Waals surface area contributed by atoms with Gasteiger partial charge in [0.2, 0.25) is 0 Å². The Balaban J connectivity index is 2.03. The highest BCUT2D eigenvalue weighted by Crippen LogP contribution is 2.37. The highest BCUT2D eigenvalue weighted by atomic mass is 79.9. The van der Waals surface area contributed by atoms with Crippen LogP contribution < -0.4 is 4.90 Å². The summed E-state index contributed by atoms with van der Waals surface area (Å²) in [5.41, 5.74) is 2.57. The summed E-state index contributed by atoms with van der Waals surface area (Å²) >= 11 is 3.23. The highest BCUT2D eigenvalue weighted by molar-refractivity contribution is 9.10. The Kier molecular flexibility index (Phi) is 3.37. The molecule has 1 amide bonds. The Bertz CT molecular complexity index is 756. The second kappa shape index (κ2) is 5.07. The molecule has 1 aliphatic heterocycles. The van der Waals surface area contributed by atoms with Gasteiger partial charge < -0.3 is 0 Å². The number of fused-ring (bicyclic) bond motifs is 1. The number of ketones is 1. The molecule has 1 heterocycles. The predicted octanol–water partition coefficient (Wildman–Crippen LogP) is 3.63. The first-order valence-corrected chi connectivity index (χ1v) is 7.17. The second-order valence-electron chi connectivity index (χ2n) is 4.99. The van der Waals surface area contributed by atoms with Gasteiger partial charge in [0.15, 0.2) is 0 Å². The molecule has 0 fully saturated rings. The normalized spacial score (nSPS) is 13.8. The van der Waals surface area contributed by atoms with Gasteiger partial charge >= 0.3 is 0 Å². The van der Waals surface area contributed by atoms with Crippen molar-refractivity contribution < 1.29 is 14.0 Å². The van der Waals surface area contributed by atoms with E-state index in [1.54, 1.807) is 0 Å². The molecule has 1 aliphatic rings. The number of anilines is 1. The Labute approximate surface area is 129 Å². The van der Waals surface area contributed by atoms with Crippen molar-refractivity contribution in [1.29, 1.82) is 0 Å². The van der Waals surface area contributed by atoms with E-state index < -0.39 is 17.5 Å². The SMILES string of the molecule is Cc1ccc(CN2C(=O)C(=O)c3cc(F)cc(Br)c32)cc1. The molecule has 0 saturated heterocycles. The van der Waals surface area contributed by atoms with Crippen LogP contribution in [0, 0.1) is 12.7 Å². The Morgan fingerprint density at radius 1 is 1.14 bits per heavy atom. The zero-order valence-electron chi connectivity index (χ0n) is 11.2. The van der Waals surface area contributed by atoms with Crippen molar-refractivity contribution in [3.8, 4) is 0 Å². The van der Waals surface area contributed by atoms with Gasteiger partial charge in [-0.05, 0) is 40.5 Å². The molecule has 3 rings (SSSR count). The fraction of sp³-hybridized carbons (Fsp3) is 0.125. The summed E-state index contributed by atoms with van der Waals surface area (Å²) in [6.07, 6.45) is 0. The molecule has 0 atom stereocenters. The van der Waals surface area contributed by atoms with E-state index in [1.807, 2.05) is 31.2 Å². The smallest absolute Gasteiger partial charge is 0.299 e. The number of carbonyl (C=O) groups is 2. The third kappa shape index (κ3) is 2.38. The summed E-state index contributed by atoms with van der Waals surface area (Å²) in [6, 6.07) is 10.1. The van der Waals surface area contributed by atoms with Crippen molar-refractivity contribution in [3.05, 3.63) is 63.4 Å². The lowest BCUT2D eigenvalue weighted by atomic mass is 10.1. The highest BCUT2D eigenvalue weighted by Gasteiger charge is 2.37. The van der Waals surface area contributed by atoms with Crippen LogP contribution in [0.25, 0.3) is 0 Å². The molecule has 3 nitrogen and oxygen atoms in total. The van der Waals surface area contributed by atoms with E-state index in [1.165, 1.54) is 11.0 Å². The molecular weight excluding hydrogens is 337 g/mol. The summed E-state index contributed by atoms with van der Waals surface area (Å²) in [5.74, 6) is -1.84. The third-order valence-electron chi connectivity index (χ3n) is 3.44. The van der Waals surface area contributed by atoms with E-state index in [0.29, 0.717) is 10.2 Å². The first-order chi connectivity index (χ1) is 9.97. The van der Waals surface area contributed by atoms with E-state index >= 15 is 0 Å². The lowest BCUT2D eigenvalue weighted by molar-refractivity contribution is -0.114. The fourth-order valence-electron chi connectivity index (χ4n) is 2.38. The number of amides is 1. The van der Waals surface area contributed by atoms with Crippen molar-refractivity contribution in [1.82, 2.24) is 0 Å². The van der Waals surface area contributed by atoms with Crippen molar-refractivity contribution in [2.45, 2.75) is 13.5 Å². The molecule has 0 saturated carbocycles. The second-order valence-corrected chi connectivity index (χ2v) is 5.84. The maximum Gasteiger partial charge on any atom is 0.299 e. The average Bonchev–Trinajstić information content (AvgIpc) is 2.67. The summed E-state index contributed by atoms with van der Waals surface area (Å²) < 4.78 is 13.8. The summed E-state index contributed by atoms with van der Waals surface area (Å²) in [7, 11) is 0. The molecule has 0 radical (unpaired) electrons. The van der Waals surface area contributed by atoms with Crippen molar-refractivity contribution in [2.75, 3.05) is 4.90 Å². The summed E-state index contributed by atoms with van der Waals surface area (Å²) in [5, 5.41) is 0. The maximum absolute atomic E-state index is 13.4. The van der Waals surface area contributed by atoms with Crippen LogP contribution in [0.2, 0.25) is 0 Å². The minimum atomic E-state index is -0.669. The maximum atomic E-state index is 13.4. The summed E-state index contributed by atoms with van der Waals surface area (Å²) in [6.45, 7) is 2.26. The number of nitrogens with zero attached hydrogens (tertiary/aromatic N) is 1. The van der Waals surface area contributed by atoms with Crippen LogP contribution in [0.4, 0.5) is 10.1 Å². The number of hydrogen-bond acceptors (Lipinski definition) is 2. The van der Waals surface area contributed by atoms with Gasteiger partial charge in [-0.2, -0.15) is 0 Å². The molecule has 2 aromatic carbocycles. The molecular formula is C16H11BrFNO2. The molecule has 0 N–H and O–H groups in total. The number of aryl methyl sites for hydroxylation is 1. The van der Waals surface area contributed by atoms with Gasteiger partial charge in [-0.1, -0.05) is 29.8 Å². The van der Waals surface area contributed by atoms with Crippen molar-refractivity contribution in [3.63, 3.8) is 0 Å². The van der Waals surface area contributed by atoms with Crippen LogP contribution in [0.15, 0.2) is 40.9 Å². The van der Waals surface area contributed by atoms with Crippen molar-refractivity contribution in [2.24, 2.45) is 0 Å². The molecule has 106 valence electrons. The number of benzene rings is 2. The molecule has 2 aromatic rings. The molecule has 0 bridgehead atoms. The number of carbonyl (C=O) groups excluding carboxylic acids is 2. The van der Waals surface area contributed by atoms with E-state index in [-0.39, 0.29) is 12.1 Å². The monoisotopic (exact) mass is 347 g/mol. The van der Waals surface area contributed by atoms with Gasteiger partial charge in [0, 0.05) is 4.47 Å². The lowest BCUT2D eigenvalue weighted by Gasteiger charge is -2.18. The molecule has 5 heteroatoms. The minimum Gasteiger partial charge on any atom is -0.299 e. The minimum absolute atomic E-state index is 0.110. The van der Waals surface area contributed by atoms with Gasteiger partial charge in [0.1, 0.15) is 5.82 Å². The van der Waals surface area contributed by atoms with E-state index in [4.69, 9.17) is 0 Å². The average molecular weight is 348 g/mol. The molecule has 0 aliphatic carbocycles. The van der Waals surface area contributed by atoms with Gasteiger partial charge in [0.05, 0.1) is 17.8 Å². The number of hydrogen-bond donors (Lipinski definition) is 0. The van der Waals surface area contributed by atoms with E-state index in [2.05, 4.69) is 15.9 Å². The zero-order chi connectivity index (χ0) is 15.1. The third-order valence-corrected chi connectivity index (χ3v) is 4.05. The van der Waals surface area contributed by atoms with E-state index in [0.717, 1.165) is 17.2 Å². The largest absolute Gasteiger partial charge is 0.299 e. The Morgan fingerprint density at radius 3 is 2.48 bits per heavy atom. The molecule has 0 aromatic heterocycles. The van der Waals surface area contributed by atoms with Crippen molar-refractivity contribution >= 4 is 33.3 Å². The van der Waals surface area contributed by atoms with Crippen LogP contribution in [-0.4, -0.2) is 11.7 Å². The van der Waals surface area contributed by atoms with Gasteiger partial charge in [0.25, 0.3) is 11.7 Å². The van der Waals surface area contributed by atoms with E-state index in [9.17, 15) is 14.0 Å². The standard InChI is InChI=1S/C16H11BrFNO2/c1-9-2-4-10(5-3-9)8-19-14-12(15(20)16(19)21)6-11(18)7-13(14)17/h2-7H,8H2,1H3. The lowest BCUT2D eigenvalue weighted by Crippen LogP contribution is -2.29. The van der Waals surface area contributed by atoms with Crippen LogP contribution >= 0.6 is 15.9 Å². The summed E-state index contributed by atoms with van der Waals surface area (Å²) in [4.78, 5) is 25.5.